The second-order valence-corrected chi connectivity index (χ2v) is 4.61. The van der Waals surface area contributed by atoms with E-state index in [-0.39, 0.29) is 0 Å². The molecule has 0 radical (unpaired) electrons. The smallest absolute Gasteiger partial charge is 0.416 e. The molecule has 0 spiro atoms. The van der Waals surface area contributed by atoms with Gasteiger partial charge in [-0.05, 0) is 30.7 Å². The van der Waals surface area contributed by atoms with Gasteiger partial charge in [0, 0.05) is 6.42 Å². The van der Waals surface area contributed by atoms with Gasteiger partial charge in [-0.2, -0.15) is 13.2 Å². The molecule has 2 rings (SSSR count). The first kappa shape index (κ1) is 14.4. The highest BCUT2D eigenvalue weighted by molar-refractivity contribution is 5.27. The monoisotopic (exact) mass is 280 g/mol. The van der Waals surface area contributed by atoms with Crippen molar-refractivity contribution in [2.24, 2.45) is 0 Å². The van der Waals surface area contributed by atoms with E-state index in [1.807, 2.05) is 31.2 Å². The molecule has 0 bridgehead atoms. The maximum atomic E-state index is 12.6. The Bertz CT molecular complexity index is 559. The van der Waals surface area contributed by atoms with Crippen molar-refractivity contribution in [3.8, 4) is 5.75 Å². The second kappa shape index (κ2) is 5.99. The Hall–Kier alpha value is -1.97. The van der Waals surface area contributed by atoms with E-state index in [4.69, 9.17) is 4.74 Å². The summed E-state index contributed by atoms with van der Waals surface area (Å²) in [5, 5.41) is 0. The highest BCUT2D eigenvalue weighted by Crippen LogP contribution is 2.29. The number of hydrogen-bond acceptors (Lipinski definition) is 1. The quantitative estimate of drug-likeness (QED) is 0.793. The van der Waals surface area contributed by atoms with Crippen LogP contribution >= 0.6 is 0 Å². The van der Waals surface area contributed by atoms with Gasteiger partial charge in [0.2, 0.25) is 0 Å². The normalized spacial score (nSPS) is 11.4. The Labute approximate surface area is 116 Å². The van der Waals surface area contributed by atoms with Crippen molar-refractivity contribution in [3.05, 3.63) is 65.2 Å². The van der Waals surface area contributed by atoms with Gasteiger partial charge in [-0.25, -0.2) is 0 Å². The number of hydrogen-bond donors (Lipinski definition) is 0. The van der Waals surface area contributed by atoms with E-state index in [1.54, 1.807) is 6.07 Å². The molecular weight excluding hydrogens is 265 g/mol. The molecule has 1 nitrogen and oxygen atoms in total. The van der Waals surface area contributed by atoms with Gasteiger partial charge in [0.15, 0.2) is 0 Å². The highest BCUT2D eigenvalue weighted by Gasteiger charge is 2.30. The van der Waals surface area contributed by atoms with E-state index in [1.165, 1.54) is 12.1 Å². The van der Waals surface area contributed by atoms with E-state index in [2.05, 4.69) is 0 Å². The van der Waals surface area contributed by atoms with E-state index in [0.717, 1.165) is 17.4 Å². The van der Waals surface area contributed by atoms with Gasteiger partial charge in [0.05, 0.1) is 12.2 Å². The van der Waals surface area contributed by atoms with Crippen LogP contribution in [0.2, 0.25) is 0 Å². The minimum Gasteiger partial charge on any atom is -0.493 e. The van der Waals surface area contributed by atoms with Gasteiger partial charge in [-0.1, -0.05) is 35.9 Å². The zero-order valence-electron chi connectivity index (χ0n) is 11.1. The summed E-state index contributed by atoms with van der Waals surface area (Å²) in [6.45, 7) is 2.33. The van der Waals surface area contributed by atoms with E-state index in [9.17, 15) is 13.2 Å². The largest absolute Gasteiger partial charge is 0.493 e. The molecular formula is C16H15F3O. The molecule has 0 aliphatic carbocycles. The lowest BCUT2D eigenvalue weighted by Crippen LogP contribution is -2.07. The van der Waals surface area contributed by atoms with Crippen LogP contribution < -0.4 is 4.74 Å². The number of aryl methyl sites for hydroxylation is 1. The van der Waals surface area contributed by atoms with Crippen LogP contribution in [0.25, 0.3) is 0 Å². The molecule has 0 unspecified atom stereocenters. The molecule has 0 atom stereocenters. The maximum absolute atomic E-state index is 12.6. The summed E-state index contributed by atoms with van der Waals surface area (Å²) in [7, 11) is 0. The van der Waals surface area contributed by atoms with Crippen LogP contribution in [0.1, 0.15) is 16.7 Å². The molecule has 0 saturated carbocycles. The van der Waals surface area contributed by atoms with Crippen LogP contribution in [0.5, 0.6) is 5.75 Å². The Balaban J connectivity index is 1.93. The predicted octanol–water partition coefficient (Wildman–Crippen LogP) is 4.64. The van der Waals surface area contributed by atoms with Crippen LogP contribution in [0.15, 0.2) is 48.5 Å². The molecule has 0 N–H and O–H groups in total. The molecule has 2 aromatic carbocycles. The highest BCUT2D eigenvalue weighted by atomic mass is 19.4. The summed E-state index contributed by atoms with van der Waals surface area (Å²) in [4.78, 5) is 0. The lowest BCUT2D eigenvalue weighted by molar-refractivity contribution is -0.137. The van der Waals surface area contributed by atoms with Gasteiger partial charge < -0.3 is 4.74 Å². The molecule has 0 aliphatic heterocycles. The fourth-order valence-corrected chi connectivity index (χ4v) is 1.82. The SMILES string of the molecule is Cc1ccc(OCCc2cccc(C(F)(F)F)c2)cc1. The van der Waals surface area contributed by atoms with E-state index >= 15 is 0 Å². The Morgan fingerprint density at radius 1 is 1.00 bits per heavy atom. The standard InChI is InChI=1S/C16H15F3O/c1-12-5-7-15(8-6-12)20-10-9-13-3-2-4-14(11-13)16(17,18)19/h2-8,11H,9-10H2,1H3. The first-order chi connectivity index (χ1) is 9.45. The summed E-state index contributed by atoms with van der Waals surface area (Å²) in [5.41, 5.74) is 1.13. The Kier molecular flexibility index (Phi) is 4.32. The summed E-state index contributed by atoms with van der Waals surface area (Å²) in [6.07, 6.45) is -3.86. The molecule has 0 heterocycles. The molecule has 0 saturated heterocycles. The van der Waals surface area contributed by atoms with Gasteiger partial charge >= 0.3 is 6.18 Å². The van der Waals surface area contributed by atoms with Crippen LogP contribution in [0.3, 0.4) is 0 Å². The number of alkyl halides is 3. The van der Waals surface area contributed by atoms with Crippen molar-refractivity contribution < 1.29 is 17.9 Å². The molecule has 0 amide bonds. The number of halogens is 3. The average molecular weight is 280 g/mol. The predicted molar refractivity (Wildman–Crippen MR) is 71.8 cm³/mol. The molecule has 20 heavy (non-hydrogen) atoms. The van der Waals surface area contributed by atoms with Crippen molar-refractivity contribution >= 4 is 0 Å². The van der Waals surface area contributed by atoms with Crippen molar-refractivity contribution in [2.75, 3.05) is 6.61 Å². The molecule has 0 aromatic heterocycles. The molecule has 106 valence electrons. The minimum absolute atomic E-state index is 0.352. The number of benzene rings is 2. The number of ether oxygens (including phenoxy) is 1. The second-order valence-electron chi connectivity index (χ2n) is 4.61. The minimum atomic E-state index is -4.30. The third-order valence-corrected chi connectivity index (χ3v) is 2.93. The Morgan fingerprint density at radius 3 is 2.35 bits per heavy atom. The van der Waals surface area contributed by atoms with Crippen LogP contribution in [0, 0.1) is 6.92 Å². The van der Waals surface area contributed by atoms with Crippen LogP contribution in [0.4, 0.5) is 13.2 Å². The summed E-state index contributed by atoms with van der Waals surface area (Å²) in [6, 6.07) is 12.9. The van der Waals surface area contributed by atoms with Crippen molar-refractivity contribution in [2.45, 2.75) is 19.5 Å². The fourth-order valence-electron chi connectivity index (χ4n) is 1.82. The fraction of sp³-hybridized carbons (Fsp3) is 0.250. The zero-order chi connectivity index (χ0) is 14.6. The summed E-state index contributed by atoms with van der Waals surface area (Å²) >= 11 is 0. The van der Waals surface area contributed by atoms with Crippen LogP contribution in [-0.4, -0.2) is 6.61 Å². The van der Waals surface area contributed by atoms with E-state index < -0.39 is 11.7 Å². The molecule has 0 aliphatic rings. The van der Waals surface area contributed by atoms with Crippen molar-refractivity contribution in [1.29, 1.82) is 0 Å². The molecule has 0 fully saturated rings. The third kappa shape index (κ3) is 4.02. The van der Waals surface area contributed by atoms with Crippen molar-refractivity contribution in [1.82, 2.24) is 0 Å². The average Bonchev–Trinajstić information content (AvgIpc) is 2.40. The Morgan fingerprint density at radius 2 is 1.70 bits per heavy atom. The van der Waals surface area contributed by atoms with Crippen molar-refractivity contribution in [3.63, 3.8) is 0 Å². The summed E-state index contributed by atoms with van der Waals surface area (Å²) < 4.78 is 43.2. The van der Waals surface area contributed by atoms with Gasteiger partial charge in [0.25, 0.3) is 0 Å². The van der Waals surface area contributed by atoms with Gasteiger partial charge in [-0.3, -0.25) is 0 Å². The third-order valence-electron chi connectivity index (χ3n) is 2.93. The van der Waals surface area contributed by atoms with Gasteiger partial charge in [-0.15, -0.1) is 0 Å². The summed E-state index contributed by atoms with van der Waals surface area (Å²) in [5.74, 6) is 0.725. The molecule has 4 heteroatoms. The van der Waals surface area contributed by atoms with Crippen LogP contribution in [-0.2, 0) is 12.6 Å². The first-order valence-electron chi connectivity index (χ1n) is 6.31. The topological polar surface area (TPSA) is 9.23 Å². The zero-order valence-corrected chi connectivity index (χ0v) is 11.1. The first-order valence-corrected chi connectivity index (χ1v) is 6.31. The maximum Gasteiger partial charge on any atom is 0.416 e. The lowest BCUT2D eigenvalue weighted by Gasteiger charge is -2.09. The number of rotatable bonds is 4. The molecule has 2 aromatic rings. The van der Waals surface area contributed by atoms with E-state index in [0.29, 0.717) is 18.6 Å². The lowest BCUT2D eigenvalue weighted by atomic mass is 10.1. The van der Waals surface area contributed by atoms with Gasteiger partial charge in [0.1, 0.15) is 5.75 Å².